The van der Waals surface area contributed by atoms with Gasteiger partial charge in [-0.05, 0) is 117 Å². The van der Waals surface area contributed by atoms with Gasteiger partial charge in [0.15, 0.2) is 5.75 Å². The highest BCUT2D eigenvalue weighted by Crippen LogP contribution is 2.53. The Morgan fingerprint density at radius 1 is 1.00 bits per heavy atom. The molecule has 21 heteroatoms. The summed E-state index contributed by atoms with van der Waals surface area (Å²) in [7, 11) is -3.38. The molecule has 2 aliphatic carbocycles. The van der Waals surface area contributed by atoms with Gasteiger partial charge in [0, 0.05) is 100 Å². The smallest absolute Gasteiger partial charge is 0.312 e. The zero-order chi connectivity index (χ0) is 54.9. The Kier molecular flexibility index (Phi) is 15.6. The number of benzene rings is 2. The second-order valence-electron chi connectivity index (χ2n) is 22.1. The zero-order valence-electron chi connectivity index (χ0n) is 44.8. The molecule has 2 aliphatic heterocycles. The number of pyridine rings is 3. The van der Waals surface area contributed by atoms with Gasteiger partial charge in [0.2, 0.25) is 11.7 Å². The molecule has 414 valence electrons. The largest absolute Gasteiger partial charge is 0.478 e. The van der Waals surface area contributed by atoms with Gasteiger partial charge in [-0.2, -0.15) is 4.98 Å². The predicted octanol–water partition coefficient (Wildman–Crippen LogP) is 9.50. The van der Waals surface area contributed by atoms with Crippen LogP contribution in [0.15, 0.2) is 90.2 Å². The lowest BCUT2D eigenvalue weighted by Gasteiger charge is -2.58. The standard InChI is InChI=1S/C57H69FN10O9S/c1-6-76-51-25-38(15-20-59-51)34-65-23-24-67(48(35-65)43-10-8-7-9-42(43)36(2)3)40-29-57(30-40)18-21-66(22-19-57)39-11-12-44(49(26-39)77-50-28-45-46(58)33-62-52(45)63-55(50)75-5)54(69)64-78(73,74)41-27-47(68(71)72)53(61-32-41)60-31-37-13-16-56(4,70)17-14-37/h7-12,15,20,25-28,32-33,36-37,40,48,70H,6,13-14,16-19,21-24,29-31,34-35H2,1-5H3,(H,60,61)(H,62,63)(H,64,69)/t37?,48-,56?/m0/s1. The van der Waals surface area contributed by atoms with Gasteiger partial charge in [0.25, 0.3) is 21.8 Å². The van der Waals surface area contributed by atoms with Gasteiger partial charge >= 0.3 is 5.69 Å². The Hall–Kier alpha value is -6.94. The van der Waals surface area contributed by atoms with Crippen LogP contribution in [0.3, 0.4) is 0 Å². The lowest BCUT2D eigenvalue weighted by Crippen LogP contribution is -2.60. The molecular formula is C57H69FN10O9S. The van der Waals surface area contributed by atoms with Crippen molar-refractivity contribution in [2.75, 3.05) is 63.2 Å². The van der Waals surface area contributed by atoms with Crippen molar-refractivity contribution >= 4 is 44.2 Å². The number of ether oxygens (including phenoxy) is 3. The molecule has 4 aromatic heterocycles. The molecule has 4 N–H and O–H groups in total. The fourth-order valence-electron chi connectivity index (χ4n) is 12.0. The first-order valence-electron chi connectivity index (χ1n) is 27.0. The fraction of sp³-hybridized carbons (Fsp3) is 0.474. The van der Waals surface area contributed by atoms with Crippen LogP contribution in [0, 0.1) is 27.3 Å². The number of nitrogens with one attached hydrogen (secondary N) is 3. The summed E-state index contributed by atoms with van der Waals surface area (Å²) in [5.41, 5.74) is 3.52. The number of piperidine rings is 1. The van der Waals surface area contributed by atoms with Crippen molar-refractivity contribution in [2.45, 2.75) is 114 Å². The number of fused-ring (bicyclic) bond motifs is 1. The van der Waals surface area contributed by atoms with E-state index in [1.807, 2.05) is 19.2 Å². The van der Waals surface area contributed by atoms with Crippen LogP contribution in [-0.2, 0) is 16.6 Å². The monoisotopic (exact) mass is 1090 g/mol. The van der Waals surface area contributed by atoms with Crippen molar-refractivity contribution in [3.63, 3.8) is 0 Å². The second-order valence-corrected chi connectivity index (χ2v) is 23.8. The van der Waals surface area contributed by atoms with Gasteiger partial charge in [-0.25, -0.2) is 27.5 Å². The van der Waals surface area contributed by atoms with E-state index in [4.69, 9.17) is 14.2 Å². The third kappa shape index (κ3) is 11.7. The Balaban J connectivity index is 0.855. The average molecular weight is 1090 g/mol. The molecule has 10 rings (SSSR count). The van der Waals surface area contributed by atoms with Crippen LogP contribution in [0.5, 0.6) is 23.3 Å². The number of H-pyrrole nitrogens is 1. The summed E-state index contributed by atoms with van der Waals surface area (Å²) >= 11 is 0. The van der Waals surface area contributed by atoms with E-state index >= 15 is 0 Å². The number of nitrogens with zero attached hydrogens (tertiary/aromatic N) is 7. The number of anilines is 2. The van der Waals surface area contributed by atoms with Crippen molar-refractivity contribution in [3.8, 4) is 23.3 Å². The highest BCUT2D eigenvalue weighted by molar-refractivity contribution is 7.90. The first-order valence-corrected chi connectivity index (χ1v) is 28.5. The van der Waals surface area contributed by atoms with Crippen molar-refractivity contribution in [1.82, 2.24) is 34.5 Å². The van der Waals surface area contributed by atoms with Crippen molar-refractivity contribution in [1.29, 1.82) is 0 Å². The molecule has 2 aromatic carbocycles. The fourth-order valence-corrected chi connectivity index (χ4v) is 13.0. The first kappa shape index (κ1) is 54.4. The number of sulfonamides is 1. The third-order valence-electron chi connectivity index (χ3n) is 16.5. The number of halogens is 1. The topological polar surface area (TPSA) is 231 Å². The maximum absolute atomic E-state index is 14.9. The molecule has 1 atom stereocenters. The summed E-state index contributed by atoms with van der Waals surface area (Å²) in [5, 5.41) is 25.7. The Labute approximate surface area is 454 Å². The number of aromatic amines is 1. The molecule has 1 amide bonds. The van der Waals surface area contributed by atoms with Gasteiger partial charge in [0.05, 0.1) is 41.4 Å². The summed E-state index contributed by atoms with van der Waals surface area (Å²) in [4.78, 5) is 48.3. The molecule has 0 unspecified atom stereocenters. The van der Waals surface area contributed by atoms with E-state index in [1.165, 1.54) is 35.9 Å². The zero-order valence-corrected chi connectivity index (χ0v) is 45.7. The first-order chi connectivity index (χ1) is 37.4. The van der Waals surface area contributed by atoms with Crippen LogP contribution < -0.4 is 29.1 Å². The number of hydrogen-bond donors (Lipinski definition) is 4. The Morgan fingerprint density at radius 2 is 1.77 bits per heavy atom. The van der Waals surface area contributed by atoms with E-state index in [9.17, 15) is 32.8 Å². The molecule has 6 aromatic rings. The number of aliphatic hydroxyl groups is 1. The third-order valence-corrected chi connectivity index (χ3v) is 17.8. The van der Waals surface area contributed by atoms with E-state index in [0.717, 1.165) is 89.1 Å². The van der Waals surface area contributed by atoms with Crippen LogP contribution >= 0.6 is 0 Å². The molecule has 1 spiro atoms. The summed E-state index contributed by atoms with van der Waals surface area (Å²) in [6.07, 6.45) is 10.6. The van der Waals surface area contributed by atoms with E-state index in [0.29, 0.717) is 56.7 Å². The molecule has 4 aliphatic rings. The Bertz CT molecular complexity index is 3280. The number of rotatable bonds is 18. The molecule has 0 bridgehead atoms. The minimum absolute atomic E-state index is 0.0168. The van der Waals surface area contributed by atoms with E-state index in [-0.39, 0.29) is 57.2 Å². The number of amides is 1. The van der Waals surface area contributed by atoms with Gasteiger partial charge in [-0.3, -0.25) is 24.7 Å². The molecular weight excluding hydrogens is 1020 g/mol. The van der Waals surface area contributed by atoms with Crippen molar-refractivity contribution < 1.29 is 41.8 Å². The number of methoxy groups -OCH3 is 1. The summed E-state index contributed by atoms with van der Waals surface area (Å²) < 4.78 is 62.4. The minimum Gasteiger partial charge on any atom is -0.478 e. The number of aromatic nitrogens is 4. The Morgan fingerprint density at radius 3 is 2.50 bits per heavy atom. The van der Waals surface area contributed by atoms with E-state index < -0.39 is 42.9 Å². The summed E-state index contributed by atoms with van der Waals surface area (Å²) in [6.45, 7) is 14.3. The molecule has 19 nitrogen and oxygen atoms in total. The minimum atomic E-state index is -4.75. The average Bonchev–Trinajstić information content (AvgIpc) is 3.84. The van der Waals surface area contributed by atoms with Crippen LogP contribution in [0.2, 0.25) is 0 Å². The molecule has 0 radical (unpaired) electrons. The van der Waals surface area contributed by atoms with Crippen LogP contribution in [0.1, 0.15) is 118 Å². The van der Waals surface area contributed by atoms with Crippen LogP contribution in [0.4, 0.5) is 21.6 Å². The highest BCUT2D eigenvalue weighted by Gasteiger charge is 2.50. The number of carbonyl (C=O) groups excluding carboxylic acids is 1. The lowest BCUT2D eigenvalue weighted by molar-refractivity contribution is -0.384. The van der Waals surface area contributed by atoms with Gasteiger partial charge < -0.3 is 34.5 Å². The van der Waals surface area contributed by atoms with Gasteiger partial charge in [-0.15, -0.1) is 0 Å². The van der Waals surface area contributed by atoms with E-state index in [1.54, 1.807) is 19.1 Å². The number of nitro groups is 1. The van der Waals surface area contributed by atoms with Gasteiger partial charge in [-0.1, -0.05) is 38.1 Å². The second kappa shape index (κ2) is 22.4. The maximum Gasteiger partial charge on any atom is 0.312 e. The molecule has 6 heterocycles. The molecule has 4 fully saturated rings. The van der Waals surface area contributed by atoms with E-state index in [2.05, 4.69) is 88.9 Å². The summed E-state index contributed by atoms with van der Waals surface area (Å²) in [6, 6.07) is 20.8. The number of carbonyl (C=O) groups is 1. The number of piperazine rings is 1. The predicted molar refractivity (Wildman–Crippen MR) is 293 cm³/mol. The number of hydrogen-bond acceptors (Lipinski definition) is 16. The summed E-state index contributed by atoms with van der Waals surface area (Å²) in [5.74, 6) is -0.739. The molecule has 2 saturated carbocycles. The SMILES string of the molecule is CCOc1cc(CN2CCN(C3CC4(CCN(c5ccc(C(=O)NS(=O)(=O)c6cnc(NCC7CCC(C)(O)CC7)c([N+](=O)[O-])c6)c(Oc6cc7c(F)c[nH]c7nc6OC)c5)CC4)C3)[C@H](c3ccccc3C(C)C)C2)ccn1. The molecule has 78 heavy (non-hydrogen) atoms. The highest BCUT2D eigenvalue weighted by atomic mass is 32.2. The van der Waals surface area contributed by atoms with Gasteiger partial charge in [0.1, 0.15) is 22.1 Å². The quantitative estimate of drug-likeness (QED) is 0.0464. The normalized spacial score (nSPS) is 21.1. The maximum atomic E-state index is 14.9. The van der Waals surface area contributed by atoms with Crippen LogP contribution in [-0.4, -0.2) is 119 Å². The molecule has 2 saturated heterocycles. The van der Waals surface area contributed by atoms with Crippen molar-refractivity contribution in [3.05, 3.63) is 124 Å². The van der Waals surface area contributed by atoms with Crippen molar-refractivity contribution in [2.24, 2.45) is 11.3 Å². The lowest BCUT2D eigenvalue weighted by atomic mass is 9.59. The van der Waals surface area contributed by atoms with Crippen LogP contribution in [0.25, 0.3) is 11.0 Å².